The van der Waals surface area contributed by atoms with Crippen LogP contribution in [0.25, 0.3) is 0 Å². The average Bonchev–Trinajstić information content (AvgIpc) is 2.88. The second-order valence-corrected chi connectivity index (χ2v) is 5.46. The molecule has 0 saturated carbocycles. The second-order valence-electron chi connectivity index (χ2n) is 5.46. The van der Waals surface area contributed by atoms with Crippen molar-refractivity contribution in [3.8, 4) is 5.75 Å². The highest BCUT2D eigenvalue weighted by molar-refractivity contribution is 5.80. The van der Waals surface area contributed by atoms with Gasteiger partial charge in [-0.05, 0) is 31.0 Å². The molecule has 1 saturated heterocycles. The molecule has 0 bridgehead atoms. The van der Waals surface area contributed by atoms with Gasteiger partial charge in [0.15, 0.2) is 0 Å². The maximum Gasteiger partial charge on any atom is 0.305 e. The van der Waals surface area contributed by atoms with Gasteiger partial charge in [-0.15, -0.1) is 0 Å². The maximum absolute atomic E-state index is 12.2. The van der Waals surface area contributed by atoms with E-state index in [0.29, 0.717) is 19.6 Å². The summed E-state index contributed by atoms with van der Waals surface area (Å²) >= 11 is 0. The lowest BCUT2D eigenvalue weighted by molar-refractivity contribution is -0.139. The number of carboxylic acid groups (broad SMARTS) is 1. The van der Waals surface area contributed by atoms with E-state index in [4.69, 9.17) is 14.6 Å². The summed E-state index contributed by atoms with van der Waals surface area (Å²) in [4.78, 5) is 23.2. The highest BCUT2D eigenvalue weighted by Gasteiger charge is 2.38. The summed E-state index contributed by atoms with van der Waals surface area (Å²) in [6, 6.07) is 7.30. The fourth-order valence-corrected chi connectivity index (χ4v) is 2.57. The minimum absolute atomic E-state index is 0.123. The summed E-state index contributed by atoms with van der Waals surface area (Å²) in [5, 5.41) is 11.8. The number of amides is 1. The third-order valence-corrected chi connectivity index (χ3v) is 3.60. The summed E-state index contributed by atoms with van der Waals surface area (Å²) < 4.78 is 10.6. The molecule has 22 heavy (non-hydrogen) atoms. The number of carboxylic acids is 1. The molecule has 2 rings (SSSR count). The molecule has 2 N–H and O–H groups in total. The van der Waals surface area contributed by atoms with Crippen LogP contribution >= 0.6 is 0 Å². The molecular weight excluding hydrogens is 286 g/mol. The Balaban J connectivity index is 1.94. The number of hydrogen-bond donors (Lipinski definition) is 2. The van der Waals surface area contributed by atoms with Crippen LogP contribution in [-0.4, -0.2) is 42.3 Å². The molecule has 0 radical (unpaired) electrons. The van der Waals surface area contributed by atoms with Crippen LogP contribution in [0.4, 0.5) is 0 Å². The fraction of sp³-hybridized carbons (Fsp3) is 0.500. The quantitative estimate of drug-likeness (QED) is 0.795. The van der Waals surface area contributed by atoms with Gasteiger partial charge in [0.25, 0.3) is 0 Å². The van der Waals surface area contributed by atoms with Crippen LogP contribution in [0.3, 0.4) is 0 Å². The molecule has 6 nitrogen and oxygen atoms in total. The van der Waals surface area contributed by atoms with Gasteiger partial charge in [0.2, 0.25) is 5.91 Å². The van der Waals surface area contributed by atoms with Crippen molar-refractivity contribution >= 4 is 11.9 Å². The summed E-state index contributed by atoms with van der Waals surface area (Å²) in [6.45, 7) is 3.22. The van der Waals surface area contributed by atoms with E-state index in [1.165, 1.54) is 0 Å². The predicted octanol–water partition coefficient (Wildman–Crippen LogP) is 1.38. The van der Waals surface area contributed by atoms with Crippen molar-refractivity contribution in [1.29, 1.82) is 0 Å². The van der Waals surface area contributed by atoms with Crippen molar-refractivity contribution < 1.29 is 24.2 Å². The lowest BCUT2D eigenvalue weighted by Crippen LogP contribution is -2.51. The molecule has 1 aliphatic rings. The van der Waals surface area contributed by atoms with E-state index in [1.54, 1.807) is 0 Å². The molecule has 0 spiro atoms. The molecular formula is C16H21NO5. The van der Waals surface area contributed by atoms with Crippen LogP contribution in [-0.2, 0) is 20.7 Å². The van der Waals surface area contributed by atoms with Crippen molar-refractivity contribution in [3.63, 3.8) is 0 Å². The van der Waals surface area contributed by atoms with Crippen molar-refractivity contribution in [2.75, 3.05) is 19.8 Å². The van der Waals surface area contributed by atoms with Crippen LogP contribution in [0, 0.1) is 0 Å². The van der Waals surface area contributed by atoms with Gasteiger partial charge >= 0.3 is 5.97 Å². The summed E-state index contributed by atoms with van der Waals surface area (Å²) in [5.74, 6) is -0.374. The Kier molecular flexibility index (Phi) is 5.38. The van der Waals surface area contributed by atoms with Gasteiger partial charge < -0.3 is 19.9 Å². The number of nitrogens with one attached hydrogen (secondary N) is 1. The first-order chi connectivity index (χ1) is 10.5. The molecule has 1 aromatic carbocycles. The van der Waals surface area contributed by atoms with Gasteiger partial charge in [-0.3, -0.25) is 9.59 Å². The minimum Gasteiger partial charge on any atom is -0.494 e. The number of carbonyl (C=O) groups excluding carboxylic acids is 1. The molecule has 1 aliphatic heterocycles. The highest BCUT2D eigenvalue weighted by Crippen LogP contribution is 2.23. The Bertz CT molecular complexity index is 520. The average molecular weight is 307 g/mol. The summed E-state index contributed by atoms with van der Waals surface area (Å²) in [7, 11) is 0. The Morgan fingerprint density at radius 3 is 2.64 bits per heavy atom. The van der Waals surface area contributed by atoms with Crippen molar-refractivity contribution in [2.45, 2.75) is 31.7 Å². The summed E-state index contributed by atoms with van der Waals surface area (Å²) in [6.07, 6.45) is 0.601. The van der Waals surface area contributed by atoms with Crippen LogP contribution < -0.4 is 10.1 Å². The summed E-state index contributed by atoms with van der Waals surface area (Å²) in [5.41, 5.74) is 0.0686. The Morgan fingerprint density at radius 1 is 1.36 bits per heavy atom. The van der Waals surface area contributed by atoms with Crippen LogP contribution in [0.15, 0.2) is 24.3 Å². The van der Waals surface area contributed by atoms with Gasteiger partial charge in [0.1, 0.15) is 5.75 Å². The second kappa shape index (κ2) is 7.26. The van der Waals surface area contributed by atoms with Crippen LogP contribution in [0.1, 0.15) is 25.3 Å². The first-order valence-corrected chi connectivity index (χ1v) is 7.35. The molecule has 0 aromatic heterocycles. The monoisotopic (exact) mass is 307 g/mol. The Morgan fingerprint density at radius 2 is 2.09 bits per heavy atom. The van der Waals surface area contributed by atoms with Gasteiger partial charge in [0.05, 0.1) is 31.6 Å². The van der Waals surface area contributed by atoms with Crippen molar-refractivity contribution in [2.24, 2.45) is 0 Å². The Hall–Kier alpha value is -2.08. The van der Waals surface area contributed by atoms with Gasteiger partial charge in [-0.2, -0.15) is 0 Å². The van der Waals surface area contributed by atoms with Gasteiger partial charge in [0, 0.05) is 6.61 Å². The molecule has 1 unspecified atom stereocenters. The normalized spacial score (nSPS) is 20.6. The number of aliphatic carboxylic acids is 1. The molecule has 6 heteroatoms. The maximum atomic E-state index is 12.2. The molecule has 1 aromatic rings. The van der Waals surface area contributed by atoms with E-state index in [2.05, 4.69) is 5.32 Å². The number of rotatable bonds is 7. The molecule has 1 fully saturated rings. The molecule has 1 amide bonds. The molecule has 120 valence electrons. The zero-order valence-electron chi connectivity index (χ0n) is 12.6. The van der Waals surface area contributed by atoms with E-state index in [1.807, 2.05) is 31.2 Å². The minimum atomic E-state index is -0.938. The predicted molar refractivity (Wildman–Crippen MR) is 79.9 cm³/mol. The zero-order valence-corrected chi connectivity index (χ0v) is 12.6. The van der Waals surface area contributed by atoms with Gasteiger partial charge in [-0.25, -0.2) is 0 Å². The Labute approximate surface area is 129 Å². The molecule has 0 aliphatic carbocycles. The standard InChI is InChI=1S/C16H21NO5/c1-2-22-13-5-3-12(4-6-13)9-14(18)17-16(10-15(19)20)7-8-21-11-16/h3-6H,2,7-11H2,1H3,(H,17,18)(H,19,20). The third-order valence-electron chi connectivity index (χ3n) is 3.60. The van der Waals surface area contributed by atoms with Crippen molar-refractivity contribution in [3.05, 3.63) is 29.8 Å². The van der Waals surface area contributed by atoms with E-state index in [9.17, 15) is 9.59 Å². The number of carbonyl (C=O) groups is 2. The largest absolute Gasteiger partial charge is 0.494 e. The molecule has 1 atom stereocenters. The van der Waals surface area contributed by atoms with E-state index >= 15 is 0 Å². The van der Waals surface area contributed by atoms with E-state index in [-0.39, 0.29) is 25.4 Å². The van der Waals surface area contributed by atoms with E-state index in [0.717, 1.165) is 11.3 Å². The number of hydrogen-bond acceptors (Lipinski definition) is 4. The number of ether oxygens (including phenoxy) is 2. The van der Waals surface area contributed by atoms with Gasteiger partial charge in [-0.1, -0.05) is 12.1 Å². The van der Waals surface area contributed by atoms with Crippen LogP contribution in [0.5, 0.6) is 5.75 Å². The fourth-order valence-electron chi connectivity index (χ4n) is 2.57. The smallest absolute Gasteiger partial charge is 0.305 e. The third kappa shape index (κ3) is 4.46. The molecule has 1 heterocycles. The van der Waals surface area contributed by atoms with E-state index < -0.39 is 11.5 Å². The lowest BCUT2D eigenvalue weighted by atomic mass is 9.94. The lowest BCUT2D eigenvalue weighted by Gasteiger charge is -2.27. The first-order valence-electron chi connectivity index (χ1n) is 7.35. The SMILES string of the molecule is CCOc1ccc(CC(=O)NC2(CC(=O)O)CCOC2)cc1. The van der Waals surface area contributed by atoms with Crippen molar-refractivity contribution in [1.82, 2.24) is 5.32 Å². The highest BCUT2D eigenvalue weighted by atomic mass is 16.5. The first kappa shape index (κ1) is 16.3. The number of benzene rings is 1. The van der Waals surface area contributed by atoms with Crippen LogP contribution in [0.2, 0.25) is 0 Å². The zero-order chi connectivity index (χ0) is 16.0. The topological polar surface area (TPSA) is 84.9 Å².